The second-order valence-corrected chi connectivity index (χ2v) is 8.95. The van der Waals surface area contributed by atoms with Crippen LogP contribution in [0.5, 0.6) is 0 Å². The zero-order valence-corrected chi connectivity index (χ0v) is 18.4. The lowest BCUT2D eigenvalue weighted by atomic mass is 9.43. The number of para-hydroxylation sites is 1. The molecular weight excluding hydrogens is 399 g/mol. The van der Waals surface area contributed by atoms with Gasteiger partial charge in [-0.05, 0) is 64.4 Å². The summed E-state index contributed by atoms with van der Waals surface area (Å²) in [4.78, 5) is 6.96. The molecule has 0 atom stereocenters. The van der Waals surface area contributed by atoms with Crippen LogP contribution in [0.2, 0.25) is 0 Å². The number of anilines is 2. The number of pyridine rings is 1. The van der Waals surface area contributed by atoms with Gasteiger partial charge in [0.25, 0.3) is 0 Å². The van der Waals surface area contributed by atoms with E-state index in [0.717, 1.165) is 5.56 Å². The van der Waals surface area contributed by atoms with Crippen LogP contribution in [0.1, 0.15) is 5.56 Å². The second kappa shape index (κ2) is 6.95. The molecular formula is C30H21BN2. The van der Waals surface area contributed by atoms with Gasteiger partial charge in [-0.15, -0.1) is 0 Å². The predicted octanol–water partition coefficient (Wildman–Crippen LogP) is 5.96. The van der Waals surface area contributed by atoms with Gasteiger partial charge in [0.1, 0.15) is 0 Å². The van der Waals surface area contributed by atoms with Crippen LogP contribution in [0.4, 0.5) is 11.4 Å². The van der Waals surface area contributed by atoms with Gasteiger partial charge in [-0.3, -0.25) is 4.98 Å². The highest BCUT2D eigenvalue weighted by Crippen LogP contribution is 2.46. The van der Waals surface area contributed by atoms with Crippen LogP contribution in [-0.4, -0.2) is 11.8 Å². The number of fused-ring (bicyclic) bond motifs is 11. The SMILES string of the molecule is Cc1cncc(-c2ccc3c(c2)-c2ccccc2B2c4ccccc4-c4ccccc4N23)c1. The summed E-state index contributed by atoms with van der Waals surface area (Å²) < 4.78 is 0. The molecule has 0 bridgehead atoms. The first-order valence-electron chi connectivity index (χ1n) is 11.4. The van der Waals surface area contributed by atoms with Gasteiger partial charge in [0, 0.05) is 40.5 Å². The maximum absolute atomic E-state index is 4.43. The average Bonchev–Trinajstić information content (AvgIpc) is 2.88. The summed E-state index contributed by atoms with van der Waals surface area (Å²) in [6, 6.07) is 35.6. The van der Waals surface area contributed by atoms with Crippen LogP contribution in [0.25, 0.3) is 33.4 Å². The predicted molar refractivity (Wildman–Crippen MR) is 139 cm³/mol. The van der Waals surface area contributed by atoms with Crippen molar-refractivity contribution >= 4 is 29.1 Å². The Morgan fingerprint density at radius 1 is 0.576 bits per heavy atom. The Morgan fingerprint density at radius 2 is 1.21 bits per heavy atom. The summed E-state index contributed by atoms with van der Waals surface area (Å²) >= 11 is 0. The largest absolute Gasteiger partial charge is 0.376 e. The van der Waals surface area contributed by atoms with Crippen molar-refractivity contribution in [3.63, 3.8) is 0 Å². The quantitative estimate of drug-likeness (QED) is 0.311. The van der Waals surface area contributed by atoms with Gasteiger partial charge in [-0.2, -0.15) is 0 Å². The maximum Gasteiger partial charge on any atom is 0.329 e. The normalized spacial score (nSPS) is 12.9. The maximum atomic E-state index is 4.43. The minimum absolute atomic E-state index is 0.159. The molecule has 2 aliphatic rings. The molecule has 5 aromatic rings. The zero-order chi connectivity index (χ0) is 21.9. The highest BCUT2D eigenvalue weighted by atomic mass is 15.1. The van der Waals surface area contributed by atoms with Gasteiger partial charge >= 0.3 is 6.85 Å². The average molecular weight is 420 g/mol. The molecule has 0 saturated heterocycles. The Bertz CT molecular complexity index is 1560. The van der Waals surface area contributed by atoms with Crippen molar-refractivity contribution in [1.82, 2.24) is 4.98 Å². The van der Waals surface area contributed by atoms with Gasteiger partial charge in [0.05, 0.1) is 0 Å². The highest BCUT2D eigenvalue weighted by molar-refractivity contribution is 6.92. The number of rotatable bonds is 1. The number of hydrogen-bond acceptors (Lipinski definition) is 2. The van der Waals surface area contributed by atoms with E-state index in [9.17, 15) is 0 Å². The summed E-state index contributed by atoms with van der Waals surface area (Å²) in [5.41, 5.74) is 14.0. The fourth-order valence-electron chi connectivity index (χ4n) is 5.58. The van der Waals surface area contributed by atoms with E-state index in [1.54, 1.807) is 0 Å². The van der Waals surface area contributed by atoms with Gasteiger partial charge in [0.2, 0.25) is 0 Å². The summed E-state index contributed by atoms with van der Waals surface area (Å²) in [6.07, 6.45) is 3.86. The Morgan fingerprint density at radius 3 is 1.97 bits per heavy atom. The Kier molecular flexibility index (Phi) is 3.89. The fourth-order valence-corrected chi connectivity index (χ4v) is 5.58. The van der Waals surface area contributed by atoms with E-state index >= 15 is 0 Å². The molecule has 2 nitrogen and oxygen atoms in total. The smallest absolute Gasteiger partial charge is 0.329 e. The highest BCUT2D eigenvalue weighted by Gasteiger charge is 2.41. The molecule has 7 rings (SSSR count). The zero-order valence-electron chi connectivity index (χ0n) is 18.4. The lowest BCUT2D eigenvalue weighted by molar-refractivity contribution is 1.27. The lowest BCUT2D eigenvalue weighted by Crippen LogP contribution is -2.59. The van der Waals surface area contributed by atoms with E-state index in [1.165, 1.54) is 55.7 Å². The van der Waals surface area contributed by atoms with Crippen LogP contribution in [0, 0.1) is 6.92 Å². The van der Waals surface area contributed by atoms with Gasteiger partial charge < -0.3 is 4.81 Å². The van der Waals surface area contributed by atoms with E-state index in [0.29, 0.717) is 0 Å². The molecule has 154 valence electrons. The number of hydrogen-bond donors (Lipinski definition) is 0. The van der Waals surface area contributed by atoms with E-state index < -0.39 is 0 Å². The minimum Gasteiger partial charge on any atom is -0.376 e. The summed E-state index contributed by atoms with van der Waals surface area (Å²) in [6.45, 7) is 2.25. The molecule has 33 heavy (non-hydrogen) atoms. The number of benzene rings is 4. The summed E-state index contributed by atoms with van der Waals surface area (Å²) in [7, 11) is 0. The van der Waals surface area contributed by atoms with Crippen molar-refractivity contribution in [2.45, 2.75) is 6.92 Å². The number of aryl methyl sites for hydroxylation is 1. The third kappa shape index (κ3) is 2.66. The van der Waals surface area contributed by atoms with Crippen molar-refractivity contribution in [1.29, 1.82) is 0 Å². The van der Waals surface area contributed by atoms with Crippen LogP contribution < -0.4 is 15.7 Å². The number of aromatic nitrogens is 1. The molecule has 3 heterocycles. The van der Waals surface area contributed by atoms with Gasteiger partial charge in [0.15, 0.2) is 0 Å². The van der Waals surface area contributed by atoms with E-state index in [2.05, 4.69) is 114 Å². The Hall–Kier alpha value is -4.11. The topological polar surface area (TPSA) is 16.1 Å². The van der Waals surface area contributed by atoms with E-state index in [1.807, 2.05) is 12.4 Å². The Balaban J connectivity index is 1.53. The molecule has 2 aliphatic heterocycles. The molecule has 0 amide bonds. The van der Waals surface area contributed by atoms with Crippen molar-refractivity contribution in [3.8, 4) is 33.4 Å². The molecule has 0 saturated carbocycles. The van der Waals surface area contributed by atoms with Crippen LogP contribution in [0.15, 0.2) is 109 Å². The summed E-state index contributed by atoms with van der Waals surface area (Å²) in [5, 5.41) is 0. The molecule has 0 N–H and O–H groups in total. The fraction of sp³-hybridized carbons (Fsp3) is 0.0333. The van der Waals surface area contributed by atoms with Crippen molar-refractivity contribution < 1.29 is 0 Å². The van der Waals surface area contributed by atoms with Crippen molar-refractivity contribution in [2.24, 2.45) is 0 Å². The molecule has 4 aromatic carbocycles. The van der Waals surface area contributed by atoms with Gasteiger partial charge in [-0.25, -0.2) is 0 Å². The van der Waals surface area contributed by atoms with Crippen LogP contribution in [0.3, 0.4) is 0 Å². The van der Waals surface area contributed by atoms with Crippen LogP contribution in [-0.2, 0) is 0 Å². The molecule has 0 unspecified atom stereocenters. The molecule has 3 heteroatoms. The Labute approximate surface area is 194 Å². The third-order valence-corrected chi connectivity index (χ3v) is 6.98. The van der Waals surface area contributed by atoms with E-state index in [-0.39, 0.29) is 6.85 Å². The first-order valence-corrected chi connectivity index (χ1v) is 11.4. The molecule has 1 aromatic heterocycles. The minimum atomic E-state index is 0.159. The first kappa shape index (κ1) is 18.5. The lowest BCUT2D eigenvalue weighted by Gasteiger charge is -2.43. The first-order chi connectivity index (χ1) is 16.3. The van der Waals surface area contributed by atoms with Crippen LogP contribution >= 0.6 is 0 Å². The van der Waals surface area contributed by atoms with Crippen molar-refractivity contribution in [3.05, 3.63) is 115 Å². The monoisotopic (exact) mass is 420 g/mol. The summed E-state index contributed by atoms with van der Waals surface area (Å²) in [5.74, 6) is 0. The number of nitrogens with zero attached hydrogens (tertiary/aromatic N) is 2. The molecule has 0 fully saturated rings. The second-order valence-electron chi connectivity index (χ2n) is 8.95. The molecule has 0 spiro atoms. The van der Waals surface area contributed by atoms with Crippen molar-refractivity contribution in [2.75, 3.05) is 4.81 Å². The standard InChI is InChI=1S/C30H21BN2/c1-20-16-22(19-32-18-20)21-14-15-30-26(17-21)24-9-3-6-12-28(24)31-27-11-5-2-8-23(27)25-10-4-7-13-29(25)33(30)31/h2-19H,1H3. The third-order valence-electron chi connectivity index (χ3n) is 6.98. The van der Waals surface area contributed by atoms with Gasteiger partial charge in [-0.1, -0.05) is 72.8 Å². The molecule has 0 aliphatic carbocycles. The van der Waals surface area contributed by atoms with E-state index in [4.69, 9.17) is 0 Å². The molecule has 0 radical (unpaired) electrons.